The van der Waals surface area contributed by atoms with E-state index in [1.807, 2.05) is 0 Å². The first-order valence-electron chi connectivity index (χ1n) is 6.23. The molecule has 0 aromatic heterocycles. The average molecular weight is 214 g/mol. The molecule has 0 spiro atoms. The normalized spacial score (nSPS) is 37.0. The maximum absolute atomic E-state index is 9.75. The molecule has 0 saturated carbocycles. The van der Waals surface area contributed by atoms with Gasteiger partial charge in [-0.25, -0.2) is 0 Å². The molecule has 2 rings (SSSR count). The minimum atomic E-state index is -0.136. The Hall–Kier alpha value is -0.120. The molecule has 3 nitrogen and oxygen atoms in total. The Morgan fingerprint density at radius 1 is 1.13 bits per heavy atom. The summed E-state index contributed by atoms with van der Waals surface area (Å²) in [5, 5.41) is 9.75. The van der Waals surface area contributed by atoms with Crippen LogP contribution in [0.1, 0.15) is 38.5 Å². The minimum Gasteiger partial charge on any atom is -0.393 e. The Balaban J connectivity index is 1.59. The molecule has 3 heteroatoms. The van der Waals surface area contributed by atoms with E-state index in [0.717, 1.165) is 45.5 Å². The van der Waals surface area contributed by atoms with Gasteiger partial charge in [0.15, 0.2) is 0 Å². The monoisotopic (exact) mass is 214 g/mol. The van der Waals surface area contributed by atoms with E-state index in [1.54, 1.807) is 0 Å². The molecule has 2 heterocycles. The summed E-state index contributed by atoms with van der Waals surface area (Å²) >= 11 is 0. The summed E-state index contributed by atoms with van der Waals surface area (Å²) in [6, 6.07) is 0. The summed E-state index contributed by atoms with van der Waals surface area (Å²) in [7, 11) is 0. The van der Waals surface area contributed by atoms with Crippen molar-refractivity contribution >= 4 is 0 Å². The van der Waals surface area contributed by atoms with Crippen molar-refractivity contribution in [1.29, 1.82) is 0 Å². The number of hydrogen-bond donors (Lipinski definition) is 1. The van der Waals surface area contributed by atoms with Crippen molar-refractivity contribution in [2.75, 3.05) is 19.8 Å². The van der Waals surface area contributed by atoms with Crippen molar-refractivity contribution in [3.63, 3.8) is 0 Å². The standard InChI is InChI=1S/C12H22O3/c13-12-6-8-14-9-10(12)3-1-4-11-5-2-7-15-11/h10-13H,1-9H2. The Morgan fingerprint density at radius 3 is 2.80 bits per heavy atom. The van der Waals surface area contributed by atoms with Gasteiger partial charge in [0, 0.05) is 19.1 Å². The highest BCUT2D eigenvalue weighted by atomic mass is 16.5. The van der Waals surface area contributed by atoms with Crippen molar-refractivity contribution in [3.8, 4) is 0 Å². The lowest BCUT2D eigenvalue weighted by atomic mass is 9.92. The fourth-order valence-electron chi connectivity index (χ4n) is 2.54. The molecule has 0 aromatic rings. The van der Waals surface area contributed by atoms with Gasteiger partial charge in [-0.1, -0.05) is 6.42 Å². The molecule has 2 saturated heterocycles. The van der Waals surface area contributed by atoms with Crippen molar-refractivity contribution in [2.24, 2.45) is 5.92 Å². The van der Waals surface area contributed by atoms with Crippen LogP contribution >= 0.6 is 0 Å². The third-order valence-electron chi connectivity index (χ3n) is 3.56. The van der Waals surface area contributed by atoms with E-state index in [2.05, 4.69) is 0 Å². The Labute approximate surface area is 91.8 Å². The van der Waals surface area contributed by atoms with Gasteiger partial charge < -0.3 is 14.6 Å². The Bertz CT molecular complexity index is 178. The van der Waals surface area contributed by atoms with E-state index < -0.39 is 0 Å². The number of rotatable bonds is 4. The zero-order valence-electron chi connectivity index (χ0n) is 9.36. The van der Waals surface area contributed by atoms with Crippen LogP contribution in [0.3, 0.4) is 0 Å². The number of hydrogen-bond acceptors (Lipinski definition) is 3. The van der Waals surface area contributed by atoms with Crippen LogP contribution in [0.15, 0.2) is 0 Å². The molecular weight excluding hydrogens is 192 g/mol. The largest absolute Gasteiger partial charge is 0.393 e. The van der Waals surface area contributed by atoms with E-state index in [0.29, 0.717) is 12.0 Å². The second kappa shape index (κ2) is 5.83. The maximum Gasteiger partial charge on any atom is 0.0612 e. The molecule has 88 valence electrons. The van der Waals surface area contributed by atoms with Gasteiger partial charge in [0.25, 0.3) is 0 Å². The van der Waals surface area contributed by atoms with E-state index in [9.17, 15) is 5.11 Å². The third kappa shape index (κ3) is 3.44. The van der Waals surface area contributed by atoms with Crippen molar-refractivity contribution in [2.45, 2.75) is 50.7 Å². The fourth-order valence-corrected chi connectivity index (χ4v) is 2.54. The van der Waals surface area contributed by atoms with Crippen molar-refractivity contribution < 1.29 is 14.6 Å². The highest BCUT2D eigenvalue weighted by Gasteiger charge is 2.24. The van der Waals surface area contributed by atoms with Crippen LogP contribution in [0.5, 0.6) is 0 Å². The van der Waals surface area contributed by atoms with E-state index in [1.165, 1.54) is 12.8 Å². The molecule has 0 amide bonds. The van der Waals surface area contributed by atoms with Gasteiger partial charge in [0.2, 0.25) is 0 Å². The first kappa shape index (κ1) is 11.4. The van der Waals surface area contributed by atoms with Gasteiger partial charge in [-0.05, 0) is 32.1 Å². The van der Waals surface area contributed by atoms with Gasteiger partial charge in [0.05, 0.1) is 18.8 Å². The highest BCUT2D eigenvalue weighted by Crippen LogP contribution is 2.23. The summed E-state index contributed by atoms with van der Waals surface area (Å²) < 4.78 is 11.0. The van der Waals surface area contributed by atoms with Gasteiger partial charge in [-0.2, -0.15) is 0 Å². The van der Waals surface area contributed by atoms with Crippen LogP contribution in [0.4, 0.5) is 0 Å². The van der Waals surface area contributed by atoms with Crippen LogP contribution < -0.4 is 0 Å². The average Bonchev–Trinajstić information content (AvgIpc) is 2.74. The van der Waals surface area contributed by atoms with Crippen molar-refractivity contribution in [3.05, 3.63) is 0 Å². The maximum atomic E-state index is 9.75. The molecule has 2 aliphatic rings. The summed E-state index contributed by atoms with van der Waals surface area (Å²) in [6.07, 6.45) is 7.02. The lowest BCUT2D eigenvalue weighted by molar-refractivity contribution is -0.0399. The lowest BCUT2D eigenvalue weighted by Crippen LogP contribution is -2.31. The molecule has 15 heavy (non-hydrogen) atoms. The van der Waals surface area contributed by atoms with E-state index in [4.69, 9.17) is 9.47 Å². The molecule has 0 bridgehead atoms. The number of ether oxygens (including phenoxy) is 2. The van der Waals surface area contributed by atoms with Gasteiger partial charge >= 0.3 is 0 Å². The molecular formula is C12H22O3. The quantitative estimate of drug-likeness (QED) is 0.774. The number of aliphatic hydroxyl groups is 1. The molecule has 0 radical (unpaired) electrons. The molecule has 2 aliphatic heterocycles. The topological polar surface area (TPSA) is 38.7 Å². The van der Waals surface area contributed by atoms with Crippen LogP contribution in [0.2, 0.25) is 0 Å². The second-order valence-corrected chi connectivity index (χ2v) is 4.76. The number of aliphatic hydroxyl groups excluding tert-OH is 1. The predicted molar refractivity (Wildman–Crippen MR) is 57.8 cm³/mol. The first-order valence-corrected chi connectivity index (χ1v) is 6.23. The second-order valence-electron chi connectivity index (χ2n) is 4.76. The molecule has 0 aromatic carbocycles. The molecule has 1 N–H and O–H groups in total. The SMILES string of the molecule is OC1CCOCC1CCCC1CCCO1. The van der Waals surface area contributed by atoms with Gasteiger partial charge in [-0.3, -0.25) is 0 Å². The fraction of sp³-hybridized carbons (Fsp3) is 1.00. The predicted octanol–water partition coefficient (Wildman–Crippen LogP) is 1.73. The Kier molecular flexibility index (Phi) is 4.42. The van der Waals surface area contributed by atoms with Crippen LogP contribution in [0.25, 0.3) is 0 Å². The van der Waals surface area contributed by atoms with Crippen molar-refractivity contribution in [1.82, 2.24) is 0 Å². The van der Waals surface area contributed by atoms with Crippen LogP contribution in [-0.4, -0.2) is 37.1 Å². The zero-order chi connectivity index (χ0) is 10.5. The molecule has 0 aliphatic carbocycles. The summed E-state index contributed by atoms with van der Waals surface area (Å²) in [6.45, 7) is 2.41. The zero-order valence-corrected chi connectivity index (χ0v) is 9.36. The van der Waals surface area contributed by atoms with Crippen LogP contribution in [0, 0.1) is 5.92 Å². The first-order chi connectivity index (χ1) is 7.36. The summed E-state index contributed by atoms with van der Waals surface area (Å²) in [5.74, 6) is 0.361. The van der Waals surface area contributed by atoms with E-state index >= 15 is 0 Å². The smallest absolute Gasteiger partial charge is 0.0612 e. The summed E-state index contributed by atoms with van der Waals surface area (Å²) in [4.78, 5) is 0. The third-order valence-corrected chi connectivity index (χ3v) is 3.56. The summed E-state index contributed by atoms with van der Waals surface area (Å²) in [5.41, 5.74) is 0. The van der Waals surface area contributed by atoms with Crippen LogP contribution in [-0.2, 0) is 9.47 Å². The lowest BCUT2D eigenvalue weighted by Gasteiger charge is -2.27. The minimum absolute atomic E-state index is 0.136. The molecule has 3 unspecified atom stereocenters. The van der Waals surface area contributed by atoms with Gasteiger partial charge in [0.1, 0.15) is 0 Å². The van der Waals surface area contributed by atoms with Gasteiger partial charge in [-0.15, -0.1) is 0 Å². The van der Waals surface area contributed by atoms with E-state index in [-0.39, 0.29) is 6.10 Å². The molecule has 3 atom stereocenters. The molecule has 2 fully saturated rings. The Morgan fingerprint density at radius 2 is 2.07 bits per heavy atom. The highest BCUT2D eigenvalue weighted by molar-refractivity contribution is 4.73.